The molecule has 0 saturated heterocycles. The third-order valence-electron chi connectivity index (χ3n) is 2.32. The summed E-state index contributed by atoms with van der Waals surface area (Å²) in [7, 11) is 0. The Hall–Kier alpha value is 0.0644. The van der Waals surface area contributed by atoms with Gasteiger partial charge in [-0.2, -0.15) is 0 Å². The molecule has 0 spiro atoms. The van der Waals surface area contributed by atoms with Gasteiger partial charge in [0.25, 0.3) is 0 Å². The molecule has 1 heteroatoms. The average molecular weight is 261 g/mol. The van der Waals surface area contributed by atoms with Crippen molar-refractivity contribution >= 4 is 0 Å². The molecule has 0 bridgehead atoms. The predicted molar refractivity (Wildman–Crippen MR) is 73.2 cm³/mol. The van der Waals surface area contributed by atoms with Crippen LogP contribution in [0.2, 0.25) is 0 Å². The van der Waals surface area contributed by atoms with E-state index in [0.717, 1.165) is 12.3 Å². The molecular formula is C15H30V. The molecule has 0 aromatic rings. The van der Waals surface area contributed by atoms with E-state index < -0.39 is 0 Å². The van der Waals surface area contributed by atoms with Gasteiger partial charge >= 0.3 is 0 Å². The first-order chi connectivity index (χ1) is 7.16. The van der Waals surface area contributed by atoms with Gasteiger partial charge in [-0.25, -0.2) is 0 Å². The van der Waals surface area contributed by atoms with E-state index in [-0.39, 0.29) is 18.6 Å². The SMILES string of the molecule is C=CC(=C)CCCCCCC(C)C.CC.[V]. The molecule has 0 fully saturated rings. The first-order valence-corrected chi connectivity index (χ1v) is 6.47. The van der Waals surface area contributed by atoms with Crippen molar-refractivity contribution in [2.45, 2.75) is 66.2 Å². The molecule has 0 nitrogen and oxygen atoms in total. The molecule has 1 radical (unpaired) electrons. The van der Waals surface area contributed by atoms with Crippen LogP contribution < -0.4 is 0 Å². The minimum atomic E-state index is 0. The van der Waals surface area contributed by atoms with E-state index in [2.05, 4.69) is 27.0 Å². The van der Waals surface area contributed by atoms with Crippen LogP contribution in [0.4, 0.5) is 0 Å². The van der Waals surface area contributed by atoms with Crippen LogP contribution in [0.15, 0.2) is 24.8 Å². The molecule has 0 N–H and O–H groups in total. The number of allylic oxidation sites excluding steroid dienone is 2. The molecule has 0 atom stereocenters. The molecule has 0 heterocycles. The Bertz CT molecular complexity index is 148. The standard InChI is InChI=1S/C13H24.C2H6.V/c1-5-13(4)11-9-7-6-8-10-12(2)3;1-2;/h5,12H,1,4,6-11H2,2-3H3;1-2H3;. The summed E-state index contributed by atoms with van der Waals surface area (Å²) in [5.74, 6) is 0.864. The van der Waals surface area contributed by atoms with Crippen LogP contribution in [-0.4, -0.2) is 0 Å². The number of hydrogen-bond acceptors (Lipinski definition) is 0. The summed E-state index contributed by atoms with van der Waals surface area (Å²) in [5, 5.41) is 0. The molecule has 0 aromatic heterocycles. The van der Waals surface area contributed by atoms with E-state index in [1.54, 1.807) is 0 Å². The van der Waals surface area contributed by atoms with Crippen LogP contribution in [0.1, 0.15) is 66.2 Å². The third-order valence-corrected chi connectivity index (χ3v) is 2.32. The molecule has 0 aliphatic carbocycles. The van der Waals surface area contributed by atoms with E-state index in [1.165, 1.54) is 37.7 Å². The van der Waals surface area contributed by atoms with Gasteiger partial charge in [-0.15, -0.1) is 0 Å². The Morgan fingerprint density at radius 3 is 2.00 bits per heavy atom. The van der Waals surface area contributed by atoms with Crippen LogP contribution in [0.25, 0.3) is 0 Å². The van der Waals surface area contributed by atoms with E-state index in [9.17, 15) is 0 Å². The topological polar surface area (TPSA) is 0 Å². The van der Waals surface area contributed by atoms with Gasteiger partial charge < -0.3 is 0 Å². The average Bonchev–Trinajstić information content (AvgIpc) is 2.25. The molecule has 16 heavy (non-hydrogen) atoms. The quantitative estimate of drug-likeness (QED) is 0.385. The smallest absolute Gasteiger partial charge is 0 e. The molecular weight excluding hydrogens is 231 g/mol. The molecule has 0 amide bonds. The van der Waals surface area contributed by atoms with Crippen molar-refractivity contribution in [3.63, 3.8) is 0 Å². The van der Waals surface area contributed by atoms with Crippen LogP contribution in [0.5, 0.6) is 0 Å². The Labute approximate surface area is 115 Å². The van der Waals surface area contributed by atoms with Crippen molar-refractivity contribution in [1.29, 1.82) is 0 Å². The van der Waals surface area contributed by atoms with Crippen LogP contribution >= 0.6 is 0 Å². The van der Waals surface area contributed by atoms with E-state index >= 15 is 0 Å². The van der Waals surface area contributed by atoms with Gasteiger partial charge in [0, 0.05) is 18.6 Å². The van der Waals surface area contributed by atoms with E-state index in [1.807, 2.05) is 19.9 Å². The maximum atomic E-state index is 3.90. The maximum absolute atomic E-state index is 3.90. The molecule has 95 valence electrons. The largest absolute Gasteiger partial charge is 0.0988 e. The van der Waals surface area contributed by atoms with Gasteiger partial charge in [0.05, 0.1) is 0 Å². The van der Waals surface area contributed by atoms with Crippen molar-refractivity contribution in [3.05, 3.63) is 24.8 Å². The molecule has 0 aliphatic heterocycles. The Morgan fingerprint density at radius 1 is 1.06 bits per heavy atom. The van der Waals surface area contributed by atoms with Crippen LogP contribution in [-0.2, 0) is 18.6 Å². The van der Waals surface area contributed by atoms with Gasteiger partial charge in [-0.1, -0.05) is 78.2 Å². The van der Waals surface area contributed by atoms with Gasteiger partial charge in [0.2, 0.25) is 0 Å². The summed E-state index contributed by atoms with van der Waals surface area (Å²) in [4.78, 5) is 0. The second kappa shape index (κ2) is 17.5. The first-order valence-electron chi connectivity index (χ1n) is 6.47. The zero-order valence-corrected chi connectivity index (χ0v) is 13.2. The third kappa shape index (κ3) is 19.6. The van der Waals surface area contributed by atoms with Gasteiger partial charge in [-0.3, -0.25) is 0 Å². The Morgan fingerprint density at radius 2 is 1.56 bits per heavy atom. The summed E-state index contributed by atoms with van der Waals surface area (Å²) in [5.41, 5.74) is 1.18. The molecule has 0 rings (SSSR count). The zero-order chi connectivity index (χ0) is 12.1. The maximum Gasteiger partial charge on any atom is 0 e. The van der Waals surface area contributed by atoms with Crippen LogP contribution in [0.3, 0.4) is 0 Å². The van der Waals surface area contributed by atoms with E-state index in [4.69, 9.17) is 0 Å². The van der Waals surface area contributed by atoms with Crippen LogP contribution in [0, 0.1) is 5.92 Å². The summed E-state index contributed by atoms with van der Waals surface area (Å²) in [6, 6.07) is 0. The van der Waals surface area contributed by atoms with Crippen molar-refractivity contribution in [3.8, 4) is 0 Å². The van der Waals surface area contributed by atoms with Crippen molar-refractivity contribution in [2.24, 2.45) is 5.92 Å². The summed E-state index contributed by atoms with van der Waals surface area (Å²) in [6.07, 6.45) is 9.77. The van der Waals surface area contributed by atoms with E-state index in [0.29, 0.717) is 0 Å². The van der Waals surface area contributed by atoms with Crippen molar-refractivity contribution in [2.75, 3.05) is 0 Å². The van der Waals surface area contributed by atoms with Gasteiger partial charge in [-0.05, 0) is 18.8 Å². The molecule has 0 aromatic carbocycles. The fourth-order valence-corrected chi connectivity index (χ4v) is 1.36. The summed E-state index contributed by atoms with van der Waals surface area (Å²) >= 11 is 0. The number of rotatable bonds is 8. The minimum Gasteiger partial charge on any atom is -0.0988 e. The van der Waals surface area contributed by atoms with Gasteiger partial charge in [0.15, 0.2) is 0 Å². The normalized spacial score (nSPS) is 8.81. The first kappa shape index (κ1) is 21.4. The molecule has 0 unspecified atom stereocenters. The van der Waals surface area contributed by atoms with Gasteiger partial charge in [0.1, 0.15) is 0 Å². The summed E-state index contributed by atoms with van der Waals surface area (Å²) in [6.45, 7) is 16.2. The predicted octanol–water partition coefficient (Wildman–Crippen LogP) is 5.75. The Kier molecular flexibility index (Phi) is 23.3. The van der Waals surface area contributed by atoms with Crippen molar-refractivity contribution in [1.82, 2.24) is 0 Å². The number of hydrogen-bond donors (Lipinski definition) is 0. The molecule has 0 aliphatic rings. The molecule has 0 saturated carbocycles. The number of unbranched alkanes of at least 4 members (excludes halogenated alkanes) is 3. The second-order valence-electron chi connectivity index (χ2n) is 4.21. The zero-order valence-electron chi connectivity index (χ0n) is 11.8. The van der Waals surface area contributed by atoms with Crippen molar-refractivity contribution < 1.29 is 18.6 Å². The summed E-state index contributed by atoms with van der Waals surface area (Å²) < 4.78 is 0. The second-order valence-corrected chi connectivity index (χ2v) is 4.21. The fraction of sp³-hybridized carbons (Fsp3) is 0.733. The Balaban J connectivity index is -0.000000529. The fourth-order valence-electron chi connectivity index (χ4n) is 1.36. The monoisotopic (exact) mass is 261 g/mol. The minimum absolute atomic E-state index is 0.